The average Bonchev–Trinajstić information content (AvgIpc) is 2.69. The Morgan fingerprint density at radius 2 is 1.78 bits per heavy atom. The number of hydrogen-bond donors (Lipinski definition) is 0. The summed E-state index contributed by atoms with van der Waals surface area (Å²) < 4.78 is 23.7. The van der Waals surface area contributed by atoms with Gasteiger partial charge in [-0.25, -0.2) is 4.39 Å². The van der Waals surface area contributed by atoms with Gasteiger partial charge in [-0.1, -0.05) is 0 Å². The molecule has 1 atom stereocenters. The summed E-state index contributed by atoms with van der Waals surface area (Å²) in [5.41, 5.74) is 0.950. The van der Waals surface area contributed by atoms with Crippen LogP contribution in [0.2, 0.25) is 0 Å². The summed E-state index contributed by atoms with van der Waals surface area (Å²) in [4.78, 5) is 28.8. The van der Waals surface area contributed by atoms with Crippen molar-refractivity contribution in [1.29, 1.82) is 0 Å². The van der Waals surface area contributed by atoms with Crippen molar-refractivity contribution in [2.45, 2.75) is 13.0 Å². The van der Waals surface area contributed by atoms with Gasteiger partial charge in [0.15, 0.2) is 0 Å². The number of ether oxygens (including phenoxy) is 2. The van der Waals surface area contributed by atoms with E-state index in [0.717, 1.165) is 0 Å². The lowest BCUT2D eigenvalue weighted by Gasteiger charge is -2.39. The Morgan fingerprint density at radius 1 is 1.07 bits per heavy atom. The first-order chi connectivity index (χ1) is 13.0. The van der Waals surface area contributed by atoms with Crippen molar-refractivity contribution >= 4 is 17.5 Å². The van der Waals surface area contributed by atoms with E-state index in [-0.39, 0.29) is 11.8 Å². The van der Waals surface area contributed by atoms with Gasteiger partial charge in [-0.2, -0.15) is 0 Å². The first kappa shape index (κ1) is 18.7. The third-order valence-corrected chi connectivity index (χ3v) is 4.68. The van der Waals surface area contributed by atoms with Gasteiger partial charge in [0, 0.05) is 24.7 Å². The minimum Gasteiger partial charge on any atom is -0.497 e. The number of hydrogen-bond acceptors (Lipinski definition) is 4. The summed E-state index contributed by atoms with van der Waals surface area (Å²) in [6.07, 6.45) is 0. The molecule has 0 spiro atoms. The molecule has 1 heterocycles. The van der Waals surface area contributed by atoms with E-state index in [1.807, 2.05) is 0 Å². The molecule has 1 aliphatic rings. The van der Waals surface area contributed by atoms with Crippen molar-refractivity contribution in [3.63, 3.8) is 0 Å². The molecule has 27 heavy (non-hydrogen) atoms. The van der Waals surface area contributed by atoms with Crippen LogP contribution in [-0.4, -0.2) is 50.1 Å². The molecule has 1 aliphatic heterocycles. The van der Waals surface area contributed by atoms with Gasteiger partial charge in [-0.05, 0) is 43.3 Å². The average molecular weight is 372 g/mol. The Labute approximate surface area is 157 Å². The van der Waals surface area contributed by atoms with E-state index in [1.54, 1.807) is 37.1 Å². The molecule has 142 valence electrons. The molecule has 1 fully saturated rings. The molecular formula is C20H21FN2O4. The van der Waals surface area contributed by atoms with Crippen molar-refractivity contribution in [3.05, 3.63) is 53.8 Å². The van der Waals surface area contributed by atoms with E-state index in [0.29, 0.717) is 35.8 Å². The molecule has 3 rings (SSSR count). The number of amides is 2. The highest BCUT2D eigenvalue weighted by Gasteiger charge is 2.36. The van der Waals surface area contributed by atoms with Crippen LogP contribution < -0.4 is 14.4 Å². The molecule has 6 nitrogen and oxygen atoms in total. The second kappa shape index (κ2) is 7.65. The summed E-state index contributed by atoms with van der Waals surface area (Å²) in [6.45, 7) is 2.35. The molecule has 7 heteroatoms. The maximum Gasteiger partial charge on any atom is 0.254 e. The smallest absolute Gasteiger partial charge is 0.254 e. The molecule has 0 aromatic heterocycles. The maximum atomic E-state index is 13.1. The predicted octanol–water partition coefficient (Wildman–Crippen LogP) is 2.72. The zero-order valence-corrected chi connectivity index (χ0v) is 15.4. The maximum absolute atomic E-state index is 13.1. The number of carbonyl (C=O) groups excluding carboxylic acids is 2. The number of anilines is 1. The SMILES string of the molecule is COc1ccc(OC)c(N2CCN(C(=O)c3ccc(F)cc3)C(C)C2=O)c1. The highest BCUT2D eigenvalue weighted by atomic mass is 19.1. The minimum absolute atomic E-state index is 0.219. The van der Waals surface area contributed by atoms with E-state index >= 15 is 0 Å². The summed E-state index contributed by atoms with van der Waals surface area (Å²) in [5.74, 6) is 0.229. The largest absolute Gasteiger partial charge is 0.497 e. The fraction of sp³-hybridized carbons (Fsp3) is 0.300. The van der Waals surface area contributed by atoms with Crippen molar-refractivity contribution in [2.24, 2.45) is 0 Å². The quantitative estimate of drug-likeness (QED) is 0.828. The Kier molecular flexibility index (Phi) is 5.30. The van der Waals surface area contributed by atoms with Crippen molar-refractivity contribution in [3.8, 4) is 11.5 Å². The van der Waals surface area contributed by atoms with Crippen LogP contribution in [0, 0.1) is 5.82 Å². The Morgan fingerprint density at radius 3 is 2.41 bits per heavy atom. The lowest BCUT2D eigenvalue weighted by molar-refractivity contribution is -0.124. The number of halogens is 1. The van der Waals surface area contributed by atoms with Crippen molar-refractivity contribution < 1.29 is 23.5 Å². The summed E-state index contributed by atoms with van der Waals surface area (Å²) in [5, 5.41) is 0. The van der Waals surface area contributed by atoms with Gasteiger partial charge in [0.1, 0.15) is 23.4 Å². The number of benzene rings is 2. The van der Waals surface area contributed by atoms with E-state index in [4.69, 9.17) is 9.47 Å². The minimum atomic E-state index is -0.660. The number of carbonyl (C=O) groups is 2. The second-order valence-corrected chi connectivity index (χ2v) is 6.21. The summed E-state index contributed by atoms with van der Waals surface area (Å²) in [6, 6.07) is 9.88. The lowest BCUT2D eigenvalue weighted by Crippen LogP contribution is -2.57. The topological polar surface area (TPSA) is 59.1 Å². The van der Waals surface area contributed by atoms with Crippen LogP contribution in [0.1, 0.15) is 17.3 Å². The van der Waals surface area contributed by atoms with Gasteiger partial charge in [-0.15, -0.1) is 0 Å². The Bertz CT molecular complexity index is 854. The number of nitrogens with zero attached hydrogens (tertiary/aromatic N) is 2. The molecule has 0 aliphatic carbocycles. The van der Waals surface area contributed by atoms with Crippen LogP contribution in [-0.2, 0) is 4.79 Å². The molecule has 0 bridgehead atoms. The first-order valence-corrected chi connectivity index (χ1v) is 8.56. The van der Waals surface area contributed by atoms with E-state index in [2.05, 4.69) is 0 Å². The van der Waals surface area contributed by atoms with Crippen LogP contribution in [0.4, 0.5) is 10.1 Å². The highest BCUT2D eigenvalue weighted by molar-refractivity contribution is 6.04. The van der Waals surface area contributed by atoms with E-state index in [1.165, 1.54) is 36.3 Å². The zero-order valence-electron chi connectivity index (χ0n) is 15.4. The molecule has 1 saturated heterocycles. The number of piperazine rings is 1. The van der Waals surface area contributed by atoms with Crippen LogP contribution in [0.5, 0.6) is 11.5 Å². The fourth-order valence-electron chi connectivity index (χ4n) is 3.15. The Balaban J connectivity index is 1.84. The zero-order chi connectivity index (χ0) is 19.6. The second-order valence-electron chi connectivity index (χ2n) is 6.21. The predicted molar refractivity (Wildman–Crippen MR) is 98.8 cm³/mol. The summed E-state index contributed by atoms with van der Waals surface area (Å²) in [7, 11) is 3.09. The monoisotopic (exact) mass is 372 g/mol. The van der Waals surface area contributed by atoms with Gasteiger partial charge in [0.25, 0.3) is 5.91 Å². The molecule has 0 radical (unpaired) electrons. The molecule has 0 saturated carbocycles. The third kappa shape index (κ3) is 3.58. The highest BCUT2D eigenvalue weighted by Crippen LogP contribution is 2.34. The van der Waals surface area contributed by atoms with Gasteiger partial charge >= 0.3 is 0 Å². The summed E-state index contributed by atoms with van der Waals surface area (Å²) >= 11 is 0. The molecule has 2 aromatic rings. The first-order valence-electron chi connectivity index (χ1n) is 8.56. The standard InChI is InChI=1S/C20H21FN2O4/c1-13-19(24)23(17-12-16(26-2)8-9-18(17)27-3)11-10-22(13)20(25)14-4-6-15(21)7-5-14/h4-9,12-13H,10-11H2,1-3H3. The van der Waals surface area contributed by atoms with E-state index < -0.39 is 11.9 Å². The lowest BCUT2D eigenvalue weighted by atomic mass is 10.1. The van der Waals surface area contributed by atoms with Gasteiger partial charge in [-0.3, -0.25) is 9.59 Å². The number of rotatable bonds is 4. The fourth-order valence-corrected chi connectivity index (χ4v) is 3.15. The normalized spacial score (nSPS) is 17.0. The van der Waals surface area contributed by atoms with Crippen LogP contribution in [0.25, 0.3) is 0 Å². The molecule has 2 amide bonds. The van der Waals surface area contributed by atoms with Crippen LogP contribution in [0.3, 0.4) is 0 Å². The van der Waals surface area contributed by atoms with Gasteiger partial charge in [0.05, 0.1) is 19.9 Å². The Hall–Kier alpha value is -3.09. The molecule has 2 aromatic carbocycles. The molecular weight excluding hydrogens is 351 g/mol. The van der Waals surface area contributed by atoms with Crippen molar-refractivity contribution in [1.82, 2.24) is 4.90 Å². The van der Waals surface area contributed by atoms with Gasteiger partial charge in [0.2, 0.25) is 5.91 Å². The van der Waals surface area contributed by atoms with Crippen LogP contribution in [0.15, 0.2) is 42.5 Å². The molecule has 0 N–H and O–H groups in total. The third-order valence-electron chi connectivity index (χ3n) is 4.68. The van der Waals surface area contributed by atoms with Crippen LogP contribution >= 0.6 is 0 Å². The molecule has 1 unspecified atom stereocenters. The van der Waals surface area contributed by atoms with E-state index in [9.17, 15) is 14.0 Å². The number of methoxy groups -OCH3 is 2. The van der Waals surface area contributed by atoms with Crippen molar-refractivity contribution in [2.75, 3.05) is 32.2 Å². The van der Waals surface area contributed by atoms with Gasteiger partial charge < -0.3 is 19.3 Å².